The maximum atomic E-state index is 13.0. The van der Waals surface area contributed by atoms with Crippen LogP contribution in [-0.4, -0.2) is 17.7 Å². The minimum Gasteiger partial charge on any atom is -0.493 e. The molecule has 1 aromatic carbocycles. The number of benzene rings is 1. The van der Waals surface area contributed by atoms with Crippen molar-refractivity contribution >= 4 is 5.97 Å². The van der Waals surface area contributed by atoms with Crippen molar-refractivity contribution < 1.29 is 27.8 Å². The predicted octanol–water partition coefficient (Wildman–Crippen LogP) is 5.92. The Hall–Kier alpha value is -1.72. The third-order valence-electron chi connectivity index (χ3n) is 3.79. The van der Waals surface area contributed by atoms with Crippen molar-refractivity contribution in [2.24, 2.45) is 0 Å². The number of carboxylic acids is 1. The molecule has 0 aliphatic rings. The van der Waals surface area contributed by atoms with Crippen molar-refractivity contribution in [2.75, 3.05) is 6.61 Å². The van der Waals surface area contributed by atoms with Gasteiger partial charge in [-0.1, -0.05) is 51.9 Å². The Balaban J connectivity index is 2.43. The molecule has 3 nitrogen and oxygen atoms in total. The molecule has 0 fully saturated rings. The maximum Gasteiger partial charge on any atom is 0.419 e. The zero-order valence-corrected chi connectivity index (χ0v) is 14.0. The lowest BCUT2D eigenvalue weighted by atomic mass is 10.1. The Bertz CT molecular complexity index is 513. The molecule has 6 heteroatoms. The first kappa shape index (κ1) is 20.3. The highest BCUT2D eigenvalue weighted by atomic mass is 19.4. The average molecular weight is 346 g/mol. The van der Waals surface area contributed by atoms with Crippen molar-refractivity contribution in [3.63, 3.8) is 0 Å². The minimum atomic E-state index is -4.64. The molecule has 0 bridgehead atoms. The number of ether oxygens (including phenoxy) is 1. The zero-order chi connectivity index (χ0) is 18.0. The highest BCUT2D eigenvalue weighted by Gasteiger charge is 2.35. The van der Waals surface area contributed by atoms with Crippen molar-refractivity contribution in [1.29, 1.82) is 0 Å². The molecule has 0 heterocycles. The fourth-order valence-electron chi connectivity index (χ4n) is 2.43. The van der Waals surface area contributed by atoms with E-state index in [1.807, 2.05) is 0 Å². The summed E-state index contributed by atoms with van der Waals surface area (Å²) in [6.45, 7) is 2.36. The van der Waals surface area contributed by atoms with E-state index in [0.717, 1.165) is 31.4 Å². The summed E-state index contributed by atoms with van der Waals surface area (Å²) in [6, 6.07) is 2.82. The van der Waals surface area contributed by atoms with E-state index in [-0.39, 0.29) is 12.4 Å². The summed E-state index contributed by atoms with van der Waals surface area (Å²) in [5.41, 5.74) is -1.44. The fourth-order valence-corrected chi connectivity index (χ4v) is 2.43. The van der Waals surface area contributed by atoms with Crippen molar-refractivity contribution in [2.45, 2.75) is 64.5 Å². The van der Waals surface area contributed by atoms with Gasteiger partial charge in [0.05, 0.1) is 17.7 Å². The lowest BCUT2D eigenvalue weighted by Crippen LogP contribution is -2.11. The molecule has 1 aromatic rings. The van der Waals surface area contributed by atoms with Gasteiger partial charge in [0.1, 0.15) is 5.75 Å². The molecule has 1 rings (SSSR count). The second-order valence-corrected chi connectivity index (χ2v) is 5.84. The number of unbranched alkanes of at least 4 members (excludes halogenated alkanes) is 7. The second-order valence-electron chi connectivity index (χ2n) is 5.84. The highest BCUT2D eigenvalue weighted by Crippen LogP contribution is 2.37. The summed E-state index contributed by atoms with van der Waals surface area (Å²) >= 11 is 0. The number of hydrogen-bond acceptors (Lipinski definition) is 2. The van der Waals surface area contributed by atoms with Crippen LogP contribution < -0.4 is 4.74 Å². The molecule has 0 saturated carbocycles. The monoisotopic (exact) mass is 346 g/mol. The van der Waals surface area contributed by atoms with E-state index in [1.54, 1.807) is 0 Å². The SMILES string of the molecule is CCCCCCCCCCOc1ccc(C(=O)O)cc1C(F)(F)F. The summed E-state index contributed by atoms with van der Waals surface area (Å²) in [4.78, 5) is 10.8. The molecular formula is C18H25F3O3. The van der Waals surface area contributed by atoms with Crippen LogP contribution in [0.4, 0.5) is 13.2 Å². The van der Waals surface area contributed by atoms with E-state index < -0.39 is 23.3 Å². The van der Waals surface area contributed by atoms with E-state index in [1.165, 1.54) is 25.7 Å². The number of alkyl halides is 3. The number of rotatable bonds is 11. The molecule has 0 saturated heterocycles. The quantitative estimate of drug-likeness (QED) is 0.506. The van der Waals surface area contributed by atoms with Gasteiger partial charge in [-0.25, -0.2) is 4.79 Å². The van der Waals surface area contributed by atoms with Gasteiger partial charge in [0.15, 0.2) is 0 Å². The first-order chi connectivity index (χ1) is 11.4. The molecule has 0 amide bonds. The van der Waals surface area contributed by atoms with E-state index >= 15 is 0 Å². The van der Waals surface area contributed by atoms with Crippen LogP contribution in [0.2, 0.25) is 0 Å². The second kappa shape index (κ2) is 10.2. The van der Waals surface area contributed by atoms with E-state index in [2.05, 4.69) is 6.92 Å². The Kier molecular flexibility index (Phi) is 8.65. The van der Waals surface area contributed by atoms with E-state index in [0.29, 0.717) is 12.5 Å². The molecule has 0 aliphatic carbocycles. The average Bonchev–Trinajstić information content (AvgIpc) is 2.52. The third-order valence-corrected chi connectivity index (χ3v) is 3.79. The van der Waals surface area contributed by atoms with Crippen LogP contribution in [0.25, 0.3) is 0 Å². The van der Waals surface area contributed by atoms with Crippen molar-refractivity contribution in [3.8, 4) is 5.75 Å². The number of carbonyl (C=O) groups is 1. The Labute approximate surface area is 140 Å². The summed E-state index contributed by atoms with van der Waals surface area (Å²) in [6.07, 6.45) is 4.04. The van der Waals surface area contributed by atoms with Gasteiger partial charge in [0.2, 0.25) is 0 Å². The van der Waals surface area contributed by atoms with E-state index in [9.17, 15) is 18.0 Å². The molecular weight excluding hydrogens is 321 g/mol. The molecule has 0 aliphatic heterocycles. The molecule has 0 unspecified atom stereocenters. The normalized spacial score (nSPS) is 11.5. The van der Waals surface area contributed by atoms with Crippen LogP contribution in [-0.2, 0) is 6.18 Å². The maximum absolute atomic E-state index is 13.0. The molecule has 0 aromatic heterocycles. The first-order valence-corrected chi connectivity index (χ1v) is 8.43. The molecule has 0 atom stereocenters. The van der Waals surface area contributed by atoms with Gasteiger partial charge < -0.3 is 9.84 Å². The minimum absolute atomic E-state index is 0.199. The molecule has 0 spiro atoms. The predicted molar refractivity (Wildman–Crippen MR) is 86.5 cm³/mol. The number of carboxylic acid groups (broad SMARTS) is 1. The molecule has 0 radical (unpaired) electrons. The summed E-state index contributed by atoms with van der Waals surface area (Å²) in [5, 5.41) is 8.81. The topological polar surface area (TPSA) is 46.5 Å². The van der Waals surface area contributed by atoms with Gasteiger partial charge in [-0.15, -0.1) is 0 Å². The Morgan fingerprint density at radius 3 is 2.17 bits per heavy atom. The number of halogens is 3. The zero-order valence-electron chi connectivity index (χ0n) is 14.0. The van der Waals surface area contributed by atoms with Crippen molar-refractivity contribution in [1.82, 2.24) is 0 Å². The summed E-state index contributed by atoms with van der Waals surface area (Å²) in [7, 11) is 0. The van der Waals surface area contributed by atoms with Crippen LogP contribution in [0.15, 0.2) is 18.2 Å². The Morgan fingerprint density at radius 1 is 1.04 bits per heavy atom. The van der Waals surface area contributed by atoms with Crippen LogP contribution in [0.1, 0.15) is 74.2 Å². The van der Waals surface area contributed by atoms with Crippen LogP contribution in [0.3, 0.4) is 0 Å². The summed E-state index contributed by atoms with van der Waals surface area (Å²) < 4.78 is 44.2. The van der Waals surface area contributed by atoms with Gasteiger partial charge in [-0.2, -0.15) is 13.2 Å². The van der Waals surface area contributed by atoms with Gasteiger partial charge >= 0.3 is 12.1 Å². The molecule has 24 heavy (non-hydrogen) atoms. The number of hydrogen-bond donors (Lipinski definition) is 1. The van der Waals surface area contributed by atoms with Gasteiger partial charge in [-0.05, 0) is 24.6 Å². The van der Waals surface area contributed by atoms with Crippen LogP contribution in [0, 0.1) is 0 Å². The van der Waals surface area contributed by atoms with Gasteiger partial charge in [0, 0.05) is 0 Å². The largest absolute Gasteiger partial charge is 0.493 e. The third kappa shape index (κ3) is 7.23. The smallest absolute Gasteiger partial charge is 0.419 e. The summed E-state index contributed by atoms with van der Waals surface area (Å²) in [5.74, 6) is -1.70. The van der Waals surface area contributed by atoms with Crippen molar-refractivity contribution in [3.05, 3.63) is 29.3 Å². The Morgan fingerprint density at radius 2 is 1.62 bits per heavy atom. The standard InChI is InChI=1S/C18H25F3O3/c1-2-3-4-5-6-7-8-9-12-24-16-11-10-14(17(22)23)13-15(16)18(19,20)21/h10-11,13H,2-9,12H2,1H3,(H,22,23). The molecule has 136 valence electrons. The fraction of sp³-hybridized carbons (Fsp3) is 0.611. The first-order valence-electron chi connectivity index (χ1n) is 8.43. The molecule has 1 N–H and O–H groups in total. The highest BCUT2D eigenvalue weighted by molar-refractivity contribution is 5.88. The lowest BCUT2D eigenvalue weighted by Gasteiger charge is -2.14. The van der Waals surface area contributed by atoms with Crippen LogP contribution in [0.5, 0.6) is 5.75 Å². The van der Waals surface area contributed by atoms with E-state index in [4.69, 9.17) is 9.84 Å². The van der Waals surface area contributed by atoms with Gasteiger partial charge in [0.25, 0.3) is 0 Å². The lowest BCUT2D eigenvalue weighted by molar-refractivity contribution is -0.139. The van der Waals surface area contributed by atoms with Crippen LogP contribution >= 0.6 is 0 Å². The van der Waals surface area contributed by atoms with Gasteiger partial charge in [-0.3, -0.25) is 0 Å². The number of aromatic carboxylic acids is 1.